The van der Waals surface area contributed by atoms with Crippen molar-refractivity contribution < 1.29 is 0 Å². The molecule has 0 saturated carbocycles. The van der Waals surface area contributed by atoms with Gasteiger partial charge in [0.15, 0.2) is 0 Å². The summed E-state index contributed by atoms with van der Waals surface area (Å²) >= 11 is 15.7. The normalized spacial score (nSPS) is 12.4. The van der Waals surface area contributed by atoms with E-state index in [-0.39, 0.29) is 6.04 Å². The van der Waals surface area contributed by atoms with Crippen molar-refractivity contribution in [2.24, 2.45) is 0 Å². The van der Waals surface area contributed by atoms with Crippen LogP contribution in [0.5, 0.6) is 0 Å². The predicted molar refractivity (Wildman–Crippen MR) is 88.5 cm³/mol. The molecular formula is C15H15BrCl2N2. The van der Waals surface area contributed by atoms with Gasteiger partial charge in [-0.05, 0) is 58.7 Å². The minimum atomic E-state index is 0.106. The molecule has 0 bridgehead atoms. The van der Waals surface area contributed by atoms with Crippen molar-refractivity contribution in [1.82, 2.24) is 10.3 Å². The Morgan fingerprint density at radius 2 is 2.10 bits per heavy atom. The molecule has 1 N–H and O–H groups in total. The highest BCUT2D eigenvalue weighted by atomic mass is 79.9. The molecule has 1 atom stereocenters. The van der Waals surface area contributed by atoms with Gasteiger partial charge in [0, 0.05) is 20.7 Å². The SMILES string of the molecule is CCNC(Cc1ccc(Cl)cc1Cl)c1ncccc1Br. The molecule has 0 spiro atoms. The average molecular weight is 374 g/mol. The molecule has 1 unspecified atom stereocenters. The lowest BCUT2D eigenvalue weighted by atomic mass is 10.0. The fourth-order valence-electron chi connectivity index (χ4n) is 2.07. The van der Waals surface area contributed by atoms with Crippen LogP contribution in [0.25, 0.3) is 0 Å². The second-order valence-corrected chi connectivity index (χ2v) is 6.12. The molecule has 0 aliphatic heterocycles. The molecule has 0 radical (unpaired) electrons. The fourth-order valence-corrected chi connectivity index (χ4v) is 3.09. The number of aromatic nitrogens is 1. The maximum absolute atomic E-state index is 6.26. The Labute approximate surface area is 137 Å². The van der Waals surface area contributed by atoms with Crippen molar-refractivity contribution in [1.29, 1.82) is 0 Å². The average Bonchev–Trinajstić information content (AvgIpc) is 2.42. The van der Waals surface area contributed by atoms with E-state index in [9.17, 15) is 0 Å². The molecule has 106 valence electrons. The van der Waals surface area contributed by atoms with Crippen LogP contribution < -0.4 is 5.32 Å². The van der Waals surface area contributed by atoms with Gasteiger partial charge in [-0.15, -0.1) is 0 Å². The highest BCUT2D eigenvalue weighted by Crippen LogP contribution is 2.28. The van der Waals surface area contributed by atoms with Gasteiger partial charge < -0.3 is 5.32 Å². The van der Waals surface area contributed by atoms with Crippen LogP contribution in [-0.2, 0) is 6.42 Å². The molecule has 1 heterocycles. The van der Waals surface area contributed by atoms with E-state index >= 15 is 0 Å². The lowest BCUT2D eigenvalue weighted by Gasteiger charge is -2.19. The van der Waals surface area contributed by atoms with E-state index in [1.807, 2.05) is 24.3 Å². The Hall–Kier alpha value is -0.610. The molecule has 0 fully saturated rings. The second-order valence-electron chi connectivity index (χ2n) is 4.42. The van der Waals surface area contributed by atoms with Crippen molar-refractivity contribution in [3.05, 3.63) is 62.3 Å². The molecule has 2 rings (SSSR count). The third-order valence-electron chi connectivity index (χ3n) is 3.01. The lowest BCUT2D eigenvalue weighted by Crippen LogP contribution is -2.24. The van der Waals surface area contributed by atoms with Gasteiger partial charge in [-0.2, -0.15) is 0 Å². The molecule has 0 saturated heterocycles. The molecule has 1 aromatic heterocycles. The first kappa shape index (κ1) is 15.8. The van der Waals surface area contributed by atoms with Crippen LogP contribution in [0.3, 0.4) is 0 Å². The molecule has 0 aliphatic rings. The number of nitrogens with one attached hydrogen (secondary N) is 1. The van der Waals surface area contributed by atoms with E-state index in [1.165, 1.54) is 0 Å². The summed E-state index contributed by atoms with van der Waals surface area (Å²) in [5.74, 6) is 0. The number of likely N-dealkylation sites (N-methyl/N-ethyl adjacent to an activating group) is 1. The third kappa shape index (κ3) is 3.95. The Morgan fingerprint density at radius 1 is 1.30 bits per heavy atom. The van der Waals surface area contributed by atoms with E-state index in [0.29, 0.717) is 10.0 Å². The van der Waals surface area contributed by atoms with Crippen LogP contribution in [0.2, 0.25) is 10.0 Å². The van der Waals surface area contributed by atoms with Crippen molar-refractivity contribution in [2.45, 2.75) is 19.4 Å². The first-order valence-corrected chi connectivity index (χ1v) is 7.94. The minimum Gasteiger partial charge on any atom is -0.309 e. The van der Waals surface area contributed by atoms with E-state index in [2.05, 4.69) is 33.2 Å². The van der Waals surface area contributed by atoms with Gasteiger partial charge in [-0.1, -0.05) is 36.2 Å². The second kappa shape index (κ2) is 7.41. The number of pyridine rings is 1. The van der Waals surface area contributed by atoms with Gasteiger partial charge in [0.2, 0.25) is 0 Å². The monoisotopic (exact) mass is 372 g/mol. The van der Waals surface area contributed by atoms with E-state index < -0.39 is 0 Å². The van der Waals surface area contributed by atoms with Crippen molar-refractivity contribution >= 4 is 39.1 Å². The molecule has 2 nitrogen and oxygen atoms in total. The molecule has 5 heteroatoms. The quantitative estimate of drug-likeness (QED) is 0.793. The number of nitrogens with zero attached hydrogens (tertiary/aromatic N) is 1. The van der Waals surface area contributed by atoms with Gasteiger partial charge >= 0.3 is 0 Å². The Kier molecular flexibility index (Phi) is 5.85. The predicted octanol–water partition coefficient (Wildman–Crippen LogP) is 5.04. The van der Waals surface area contributed by atoms with Gasteiger partial charge in [-0.3, -0.25) is 4.98 Å². The fraction of sp³-hybridized carbons (Fsp3) is 0.267. The number of benzene rings is 1. The molecule has 0 aliphatic carbocycles. The topological polar surface area (TPSA) is 24.9 Å². The van der Waals surface area contributed by atoms with Gasteiger partial charge in [0.05, 0.1) is 11.7 Å². The van der Waals surface area contributed by atoms with Crippen LogP contribution in [0, 0.1) is 0 Å². The molecular weight excluding hydrogens is 359 g/mol. The number of hydrogen-bond acceptors (Lipinski definition) is 2. The summed E-state index contributed by atoms with van der Waals surface area (Å²) in [4.78, 5) is 4.46. The van der Waals surface area contributed by atoms with Crippen LogP contribution in [0.1, 0.15) is 24.2 Å². The van der Waals surface area contributed by atoms with Gasteiger partial charge in [-0.25, -0.2) is 0 Å². The van der Waals surface area contributed by atoms with Gasteiger partial charge in [0.1, 0.15) is 0 Å². The molecule has 0 amide bonds. The Balaban J connectivity index is 2.28. The molecule has 20 heavy (non-hydrogen) atoms. The Morgan fingerprint density at radius 3 is 2.75 bits per heavy atom. The third-order valence-corrected chi connectivity index (χ3v) is 4.26. The van der Waals surface area contributed by atoms with Crippen LogP contribution in [0.4, 0.5) is 0 Å². The summed E-state index contributed by atoms with van der Waals surface area (Å²) in [6.45, 7) is 2.94. The zero-order valence-corrected chi connectivity index (χ0v) is 14.1. The van der Waals surface area contributed by atoms with Crippen LogP contribution in [0.15, 0.2) is 41.0 Å². The summed E-state index contributed by atoms with van der Waals surface area (Å²) in [7, 11) is 0. The van der Waals surface area contributed by atoms with Crippen molar-refractivity contribution in [3.63, 3.8) is 0 Å². The van der Waals surface area contributed by atoms with Crippen LogP contribution >= 0.6 is 39.1 Å². The summed E-state index contributed by atoms with van der Waals surface area (Å²) < 4.78 is 0.996. The molecule has 2 aromatic rings. The first-order chi connectivity index (χ1) is 9.61. The highest BCUT2D eigenvalue weighted by molar-refractivity contribution is 9.10. The van der Waals surface area contributed by atoms with Crippen molar-refractivity contribution in [2.75, 3.05) is 6.54 Å². The maximum Gasteiger partial charge on any atom is 0.0718 e. The van der Waals surface area contributed by atoms with Gasteiger partial charge in [0.25, 0.3) is 0 Å². The Bertz CT molecular complexity index is 590. The van der Waals surface area contributed by atoms with Crippen LogP contribution in [-0.4, -0.2) is 11.5 Å². The number of hydrogen-bond donors (Lipinski definition) is 1. The van der Waals surface area contributed by atoms with E-state index in [1.54, 1.807) is 12.3 Å². The maximum atomic E-state index is 6.26. The van der Waals surface area contributed by atoms with E-state index in [4.69, 9.17) is 23.2 Å². The minimum absolute atomic E-state index is 0.106. The summed E-state index contributed by atoms with van der Waals surface area (Å²) in [6, 6.07) is 9.61. The molecule has 1 aromatic carbocycles. The standard InChI is InChI=1S/C15H15BrCl2N2/c1-2-19-14(15-12(16)4-3-7-20-15)8-10-5-6-11(17)9-13(10)18/h3-7,9,14,19H,2,8H2,1H3. The summed E-state index contributed by atoms with van der Waals surface area (Å²) in [5, 5.41) is 4.78. The zero-order valence-electron chi connectivity index (χ0n) is 11.0. The largest absolute Gasteiger partial charge is 0.309 e. The summed E-state index contributed by atoms with van der Waals surface area (Å²) in [5.41, 5.74) is 2.04. The summed E-state index contributed by atoms with van der Waals surface area (Å²) in [6.07, 6.45) is 2.56. The lowest BCUT2D eigenvalue weighted by molar-refractivity contribution is 0.534. The highest BCUT2D eigenvalue weighted by Gasteiger charge is 2.17. The smallest absolute Gasteiger partial charge is 0.0718 e. The number of halogens is 3. The number of rotatable bonds is 5. The van der Waals surface area contributed by atoms with Crippen molar-refractivity contribution in [3.8, 4) is 0 Å². The first-order valence-electron chi connectivity index (χ1n) is 6.39. The zero-order chi connectivity index (χ0) is 14.5. The van der Waals surface area contributed by atoms with E-state index in [0.717, 1.165) is 28.7 Å².